The number of carbonyl (C=O) groups is 1. The normalized spacial score (nSPS) is 11.6. The van der Waals surface area contributed by atoms with Crippen molar-refractivity contribution in [1.29, 1.82) is 0 Å². The number of benzene rings is 1. The van der Waals surface area contributed by atoms with E-state index in [1.165, 1.54) is 17.3 Å². The van der Waals surface area contributed by atoms with Crippen molar-refractivity contribution in [2.24, 2.45) is 4.99 Å². The Labute approximate surface area is 157 Å². The van der Waals surface area contributed by atoms with Gasteiger partial charge in [-0.25, -0.2) is 4.98 Å². The summed E-state index contributed by atoms with van der Waals surface area (Å²) in [5.74, 6) is 0.666. The fourth-order valence-electron chi connectivity index (χ4n) is 2.49. The highest BCUT2D eigenvalue weighted by atomic mass is 19.3. The monoisotopic (exact) mass is 378 g/mol. The van der Waals surface area contributed by atoms with E-state index in [9.17, 15) is 13.6 Å². The molecule has 7 nitrogen and oxygen atoms in total. The smallest absolute Gasteiger partial charge is 0.319 e. The van der Waals surface area contributed by atoms with Gasteiger partial charge in [-0.2, -0.15) is 8.78 Å². The minimum absolute atomic E-state index is 0.0446. The highest BCUT2D eigenvalue weighted by molar-refractivity contribution is 5.94. The molecular formula is C18H24F2N6O. The fourth-order valence-corrected chi connectivity index (χ4v) is 2.49. The molecule has 0 saturated heterocycles. The number of guanidine groups is 1. The summed E-state index contributed by atoms with van der Waals surface area (Å²) >= 11 is 0. The van der Waals surface area contributed by atoms with Crippen LogP contribution in [0.4, 0.5) is 8.78 Å². The van der Waals surface area contributed by atoms with Gasteiger partial charge in [0.05, 0.1) is 6.54 Å². The SMILES string of the molecule is CN=C(NCCc1cccc(C(=O)N(C)C)c1)NCc1nccn1C(F)F. The molecule has 0 aliphatic carbocycles. The lowest BCUT2D eigenvalue weighted by Gasteiger charge is -2.13. The minimum atomic E-state index is -2.63. The van der Waals surface area contributed by atoms with Crippen molar-refractivity contribution in [2.45, 2.75) is 19.5 Å². The molecule has 0 aliphatic rings. The lowest BCUT2D eigenvalue weighted by atomic mass is 10.1. The second-order valence-corrected chi connectivity index (χ2v) is 6.03. The third-order valence-electron chi connectivity index (χ3n) is 3.88. The Morgan fingerprint density at radius 3 is 2.78 bits per heavy atom. The Hall–Kier alpha value is -2.97. The number of rotatable bonds is 7. The first-order valence-electron chi connectivity index (χ1n) is 8.47. The number of hydrogen-bond donors (Lipinski definition) is 2. The molecule has 27 heavy (non-hydrogen) atoms. The van der Waals surface area contributed by atoms with Crippen LogP contribution in [0.5, 0.6) is 0 Å². The van der Waals surface area contributed by atoms with Crippen LogP contribution >= 0.6 is 0 Å². The van der Waals surface area contributed by atoms with E-state index in [0.29, 0.717) is 24.5 Å². The molecule has 146 valence electrons. The third-order valence-corrected chi connectivity index (χ3v) is 3.88. The van der Waals surface area contributed by atoms with E-state index >= 15 is 0 Å². The standard InChI is InChI=1S/C18H24F2N6O/c1-21-18(24-12-15-22-9-10-26(15)17(19)20)23-8-7-13-5-4-6-14(11-13)16(27)25(2)3/h4-6,9-11,17H,7-8,12H2,1-3H3,(H2,21,23,24). The molecule has 0 radical (unpaired) electrons. The Morgan fingerprint density at radius 2 is 2.11 bits per heavy atom. The molecule has 1 aromatic carbocycles. The quantitative estimate of drug-likeness (QED) is 0.570. The van der Waals surface area contributed by atoms with Crippen molar-refractivity contribution in [3.63, 3.8) is 0 Å². The average Bonchev–Trinajstić information content (AvgIpc) is 3.13. The molecule has 2 rings (SSSR count). The number of aliphatic imine (C=N–C) groups is 1. The molecule has 1 amide bonds. The molecule has 0 unspecified atom stereocenters. The van der Waals surface area contributed by atoms with E-state index in [4.69, 9.17) is 0 Å². The lowest BCUT2D eigenvalue weighted by molar-refractivity contribution is 0.0668. The Bertz CT molecular complexity index is 788. The molecule has 1 heterocycles. The van der Waals surface area contributed by atoms with Crippen LogP contribution in [0.1, 0.15) is 28.3 Å². The van der Waals surface area contributed by atoms with Gasteiger partial charge in [-0.05, 0) is 24.1 Å². The first-order valence-corrected chi connectivity index (χ1v) is 8.47. The molecule has 0 spiro atoms. The maximum Gasteiger partial charge on any atom is 0.319 e. The van der Waals surface area contributed by atoms with Crippen LogP contribution in [-0.4, -0.2) is 54.0 Å². The molecule has 0 atom stereocenters. The fraction of sp³-hybridized carbons (Fsp3) is 0.389. The first-order chi connectivity index (χ1) is 12.9. The molecular weight excluding hydrogens is 354 g/mol. The Balaban J connectivity index is 1.85. The van der Waals surface area contributed by atoms with E-state index in [-0.39, 0.29) is 18.3 Å². The number of aromatic nitrogens is 2. The van der Waals surface area contributed by atoms with Crippen LogP contribution in [0.25, 0.3) is 0 Å². The largest absolute Gasteiger partial charge is 0.356 e. The van der Waals surface area contributed by atoms with Gasteiger partial charge in [-0.15, -0.1) is 0 Å². The van der Waals surface area contributed by atoms with Crippen molar-refractivity contribution >= 4 is 11.9 Å². The number of nitrogens with one attached hydrogen (secondary N) is 2. The third kappa shape index (κ3) is 5.77. The van der Waals surface area contributed by atoms with Gasteiger partial charge in [-0.3, -0.25) is 14.4 Å². The van der Waals surface area contributed by atoms with Crippen LogP contribution in [-0.2, 0) is 13.0 Å². The van der Waals surface area contributed by atoms with Crippen molar-refractivity contribution in [1.82, 2.24) is 25.1 Å². The van der Waals surface area contributed by atoms with Gasteiger partial charge in [-0.1, -0.05) is 12.1 Å². The summed E-state index contributed by atoms with van der Waals surface area (Å²) in [5, 5.41) is 6.08. The summed E-state index contributed by atoms with van der Waals surface area (Å²) in [7, 11) is 5.03. The number of nitrogens with zero attached hydrogens (tertiary/aromatic N) is 4. The number of imidazole rings is 1. The van der Waals surface area contributed by atoms with Crippen molar-refractivity contribution in [3.05, 3.63) is 53.6 Å². The molecule has 2 aromatic rings. The minimum Gasteiger partial charge on any atom is -0.356 e. The van der Waals surface area contributed by atoms with Gasteiger partial charge in [0.15, 0.2) is 5.96 Å². The molecule has 1 aromatic heterocycles. The van der Waals surface area contributed by atoms with Crippen LogP contribution in [0.3, 0.4) is 0 Å². The summed E-state index contributed by atoms with van der Waals surface area (Å²) in [5.41, 5.74) is 1.65. The summed E-state index contributed by atoms with van der Waals surface area (Å²) in [6, 6.07) is 7.44. The maximum absolute atomic E-state index is 12.8. The number of alkyl halides is 2. The number of hydrogen-bond acceptors (Lipinski definition) is 3. The van der Waals surface area contributed by atoms with Crippen molar-refractivity contribution in [3.8, 4) is 0 Å². The number of carbonyl (C=O) groups excluding carboxylic acids is 1. The molecule has 9 heteroatoms. The highest BCUT2D eigenvalue weighted by Crippen LogP contribution is 2.12. The average molecular weight is 378 g/mol. The summed E-state index contributed by atoms with van der Waals surface area (Å²) < 4.78 is 26.4. The summed E-state index contributed by atoms with van der Waals surface area (Å²) in [6.07, 6.45) is 3.25. The molecule has 2 N–H and O–H groups in total. The zero-order valence-electron chi connectivity index (χ0n) is 15.6. The van der Waals surface area contributed by atoms with E-state index in [1.54, 1.807) is 27.2 Å². The predicted molar refractivity (Wildman–Crippen MR) is 99.8 cm³/mol. The molecule has 0 fully saturated rings. The zero-order valence-corrected chi connectivity index (χ0v) is 15.6. The summed E-state index contributed by atoms with van der Waals surface area (Å²) in [6.45, 7) is -1.93. The zero-order chi connectivity index (χ0) is 19.8. The van der Waals surface area contributed by atoms with Gasteiger partial charge >= 0.3 is 6.55 Å². The van der Waals surface area contributed by atoms with Crippen LogP contribution in [0.15, 0.2) is 41.7 Å². The van der Waals surface area contributed by atoms with Crippen molar-refractivity contribution in [2.75, 3.05) is 27.7 Å². The van der Waals surface area contributed by atoms with Gasteiger partial charge in [0.2, 0.25) is 0 Å². The van der Waals surface area contributed by atoms with Crippen LogP contribution in [0, 0.1) is 0 Å². The van der Waals surface area contributed by atoms with E-state index < -0.39 is 6.55 Å². The lowest BCUT2D eigenvalue weighted by Crippen LogP contribution is -2.38. The molecule has 0 bridgehead atoms. The van der Waals surface area contributed by atoms with E-state index in [2.05, 4.69) is 20.6 Å². The predicted octanol–water partition coefficient (Wildman–Crippen LogP) is 1.89. The van der Waals surface area contributed by atoms with Crippen LogP contribution in [0.2, 0.25) is 0 Å². The van der Waals surface area contributed by atoms with Gasteiger partial charge in [0, 0.05) is 45.6 Å². The van der Waals surface area contributed by atoms with Crippen molar-refractivity contribution < 1.29 is 13.6 Å². The second kappa shape index (κ2) is 9.65. The second-order valence-electron chi connectivity index (χ2n) is 6.03. The molecule has 0 saturated carbocycles. The van der Waals surface area contributed by atoms with Crippen LogP contribution < -0.4 is 10.6 Å². The first kappa shape index (κ1) is 20.3. The topological polar surface area (TPSA) is 74.6 Å². The Kier molecular flexibility index (Phi) is 7.27. The Morgan fingerprint density at radius 1 is 1.33 bits per heavy atom. The van der Waals surface area contributed by atoms with Gasteiger partial charge in [0.1, 0.15) is 5.82 Å². The summed E-state index contributed by atoms with van der Waals surface area (Å²) in [4.78, 5) is 21.5. The van der Waals surface area contributed by atoms with E-state index in [1.807, 2.05) is 18.2 Å². The molecule has 0 aliphatic heterocycles. The van der Waals surface area contributed by atoms with Gasteiger partial charge < -0.3 is 15.5 Å². The number of amides is 1. The van der Waals surface area contributed by atoms with E-state index in [0.717, 1.165) is 10.1 Å². The maximum atomic E-state index is 12.8. The highest BCUT2D eigenvalue weighted by Gasteiger charge is 2.11. The number of halogens is 2. The van der Waals surface area contributed by atoms with Gasteiger partial charge in [0.25, 0.3) is 5.91 Å².